The van der Waals surface area contributed by atoms with E-state index < -0.39 is 5.60 Å². The van der Waals surface area contributed by atoms with Crippen molar-refractivity contribution in [2.45, 2.75) is 77.8 Å². The SMILES string of the molecule is COc1cccc2nc(-c3ccc(N4[C@@H](C)CC[C@@H]4C)nc3)n(C[C@@H]3CN(C(=O)OC(C)(C)C)CCO3)c12. The molecule has 0 saturated carbocycles. The van der Waals surface area contributed by atoms with E-state index in [1.165, 1.54) is 12.8 Å². The van der Waals surface area contributed by atoms with Gasteiger partial charge < -0.3 is 28.6 Å². The van der Waals surface area contributed by atoms with Crippen molar-refractivity contribution in [1.82, 2.24) is 19.4 Å². The van der Waals surface area contributed by atoms with E-state index in [1.54, 1.807) is 12.0 Å². The summed E-state index contributed by atoms with van der Waals surface area (Å²) in [6, 6.07) is 11.0. The molecule has 0 radical (unpaired) electrons. The minimum absolute atomic E-state index is 0.226. The molecular formula is C29H39N5O4. The fraction of sp³-hybridized carbons (Fsp3) is 0.552. The van der Waals surface area contributed by atoms with Crippen molar-refractivity contribution in [3.8, 4) is 17.1 Å². The number of hydrogen-bond donors (Lipinski definition) is 0. The third-order valence-electron chi connectivity index (χ3n) is 7.35. The second kappa shape index (κ2) is 10.4. The first-order valence-electron chi connectivity index (χ1n) is 13.5. The number of fused-ring (bicyclic) bond motifs is 1. The Morgan fingerprint density at radius 3 is 2.55 bits per heavy atom. The highest BCUT2D eigenvalue weighted by molar-refractivity contribution is 5.86. The lowest BCUT2D eigenvalue weighted by atomic mass is 10.2. The van der Waals surface area contributed by atoms with Crippen molar-refractivity contribution >= 4 is 22.9 Å². The van der Waals surface area contributed by atoms with E-state index in [0.29, 0.717) is 38.3 Å². The molecule has 3 aromatic rings. The second-order valence-electron chi connectivity index (χ2n) is 11.4. The Labute approximate surface area is 224 Å². The molecule has 2 aliphatic rings. The molecule has 4 heterocycles. The number of anilines is 1. The lowest BCUT2D eigenvalue weighted by molar-refractivity contribution is -0.0468. The molecule has 0 aliphatic carbocycles. The first-order chi connectivity index (χ1) is 18.1. The molecule has 0 unspecified atom stereocenters. The summed E-state index contributed by atoms with van der Waals surface area (Å²) in [4.78, 5) is 26.7. The van der Waals surface area contributed by atoms with Crippen molar-refractivity contribution in [2.24, 2.45) is 0 Å². The van der Waals surface area contributed by atoms with Crippen LogP contribution in [-0.4, -0.2) is 76.1 Å². The molecule has 3 atom stereocenters. The van der Waals surface area contributed by atoms with Crippen LogP contribution in [0, 0.1) is 0 Å². The first kappa shape index (κ1) is 26.3. The number of carbonyl (C=O) groups is 1. The van der Waals surface area contributed by atoms with Gasteiger partial charge in [-0.05, 0) is 71.7 Å². The number of morpholine rings is 1. The summed E-state index contributed by atoms with van der Waals surface area (Å²) >= 11 is 0. The highest BCUT2D eigenvalue weighted by Gasteiger charge is 2.31. The fourth-order valence-corrected chi connectivity index (χ4v) is 5.56. The zero-order chi connectivity index (χ0) is 27.0. The fourth-order valence-electron chi connectivity index (χ4n) is 5.56. The Balaban J connectivity index is 1.46. The summed E-state index contributed by atoms with van der Waals surface area (Å²) in [5, 5.41) is 0. The van der Waals surface area contributed by atoms with Gasteiger partial charge in [-0.2, -0.15) is 0 Å². The van der Waals surface area contributed by atoms with Gasteiger partial charge in [0.1, 0.15) is 28.5 Å². The van der Waals surface area contributed by atoms with Crippen molar-refractivity contribution in [2.75, 3.05) is 31.7 Å². The molecule has 204 valence electrons. The Kier molecular flexibility index (Phi) is 7.22. The van der Waals surface area contributed by atoms with Gasteiger partial charge in [0.15, 0.2) is 0 Å². The van der Waals surface area contributed by atoms with Crippen LogP contribution in [0.4, 0.5) is 10.6 Å². The summed E-state index contributed by atoms with van der Waals surface area (Å²) in [6.45, 7) is 12.1. The molecule has 5 rings (SSSR count). The van der Waals surface area contributed by atoms with Crippen LogP contribution >= 0.6 is 0 Å². The molecule has 2 aromatic heterocycles. The van der Waals surface area contributed by atoms with E-state index >= 15 is 0 Å². The van der Waals surface area contributed by atoms with E-state index in [1.807, 2.05) is 45.2 Å². The smallest absolute Gasteiger partial charge is 0.410 e. The van der Waals surface area contributed by atoms with Crippen LogP contribution < -0.4 is 9.64 Å². The lowest BCUT2D eigenvalue weighted by Crippen LogP contribution is -2.48. The number of pyridine rings is 1. The lowest BCUT2D eigenvalue weighted by Gasteiger charge is -2.34. The van der Waals surface area contributed by atoms with E-state index in [-0.39, 0.29) is 12.2 Å². The van der Waals surface area contributed by atoms with E-state index in [4.69, 9.17) is 24.2 Å². The standard InChI is InChI=1S/C29H39N5O4/c1-19-10-11-20(2)34(19)25-13-12-21(16-30-25)27-31-23-8-7-9-24(36-6)26(23)33(27)18-22-17-32(14-15-37-22)28(35)38-29(3,4)5/h7-9,12-13,16,19-20,22H,10-11,14-15,17-18H2,1-6H3/t19-,20-,22-/m0/s1. The van der Waals surface area contributed by atoms with Crippen molar-refractivity contribution in [3.05, 3.63) is 36.5 Å². The summed E-state index contributed by atoms with van der Waals surface area (Å²) in [5.74, 6) is 2.53. The predicted molar refractivity (Wildman–Crippen MR) is 148 cm³/mol. The maximum absolute atomic E-state index is 12.7. The molecule has 0 bridgehead atoms. The average molecular weight is 522 g/mol. The molecule has 2 aliphatic heterocycles. The molecule has 38 heavy (non-hydrogen) atoms. The molecular weight excluding hydrogens is 482 g/mol. The number of ether oxygens (including phenoxy) is 3. The van der Waals surface area contributed by atoms with Gasteiger partial charge in [0.25, 0.3) is 0 Å². The second-order valence-corrected chi connectivity index (χ2v) is 11.4. The number of para-hydroxylation sites is 1. The number of methoxy groups -OCH3 is 1. The predicted octanol–water partition coefficient (Wildman–Crippen LogP) is 5.12. The van der Waals surface area contributed by atoms with Gasteiger partial charge in [-0.15, -0.1) is 0 Å². The number of nitrogens with zero attached hydrogens (tertiary/aromatic N) is 5. The van der Waals surface area contributed by atoms with Crippen molar-refractivity contribution < 1.29 is 19.0 Å². The topological polar surface area (TPSA) is 82.0 Å². The molecule has 0 N–H and O–H groups in total. The van der Waals surface area contributed by atoms with Gasteiger partial charge in [-0.3, -0.25) is 0 Å². The summed E-state index contributed by atoms with van der Waals surface area (Å²) in [7, 11) is 1.67. The molecule has 2 saturated heterocycles. The summed E-state index contributed by atoms with van der Waals surface area (Å²) in [6.07, 6.45) is 3.73. The van der Waals surface area contributed by atoms with Gasteiger partial charge in [-0.25, -0.2) is 14.8 Å². The van der Waals surface area contributed by atoms with Gasteiger partial charge in [0.2, 0.25) is 0 Å². The molecule has 9 heteroatoms. The largest absolute Gasteiger partial charge is 0.494 e. The maximum Gasteiger partial charge on any atom is 0.410 e. The quantitative estimate of drug-likeness (QED) is 0.461. The Bertz CT molecular complexity index is 1270. The van der Waals surface area contributed by atoms with Crippen molar-refractivity contribution in [3.63, 3.8) is 0 Å². The number of rotatable bonds is 5. The van der Waals surface area contributed by atoms with Crippen LogP contribution in [0.25, 0.3) is 22.4 Å². The number of imidazole rings is 1. The third kappa shape index (κ3) is 5.29. The molecule has 0 spiro atoms. The molecule has 2 fully saturated rings. The Hall–Kier alpha value is -3.33. The molecule has 1 amide bonds. The van der Waals surface area contributed by atoms with Crippen LogP contribution in [0.1, 0.15) is 47.5 Å². The van der Waals surface area contributed by atoms with Crippen LogP contribution in [0.2, 0.25) is 0 Å². The maximum atomic E-state index is 12.7. The summed E-state index contributed by atoms with van der Waals surface area (Å²) in [5.41, 5.74) is 2.11. The minimum Gasteiger partial charge on any atom is -0.494 e. The Morgan fingerprint density at radius 1 is 1.13 bits per heavy atom. The summed E-state index contributed by atoms with van der Waals surface area (Å²) < 4.78 is 19.6. The average Bonchev–Trinajstić information content (AvgIpc) is 3.42. The normalized spacial score (nSPS) is 22.2. The highest BCUT2D eigenvalue weighted by Crippen LogP contribution is 2.34. The number of amides is 1. The Morgan fingerprint density at radius 2 is 1.89 bits per heavy atom. The van der Waals surface area contributed by atoms with E-state index in [9.17, 15) is 4.79 Å². The molecule has 1 aromatic carbocycles. The van der Waals surface area contributed by atoms with Crippen LogP contribution in [0.3, 0.4) is 0 Å². The van der Waals surface area contributed by atoms with E-state index in [0.717, 1.165) is 34.0 Å². The monoisotopic (exact) mass is 521 g/mol. The highest BCUT2D eigenvalue weighted by atomic mass is 16.6. The number of carbonyl (C=O) groups excluding carboxylic acids is 1. The third-order valence-corrected chi connectivity index (χ3v) is 7.35. The van der Waals surface area contributed by atoms with Gasteiger partial charge >= 0.3 is 6.09 Å². The number of hydrogen-bond acceptors (Lipinski definition) is 7. The zero-order valence-corrected chi connectivity index (χ0v) is 23.3. The van der Waals surface area contributed by atoms with Crippen molar-refractivity contribution in [1.29, 1.82) is 0 Å². The van der Waals surface area contributed by atoms with Crippen LogP contribution in [0.15, 0.2) is 36.5 Å². The van der Waals surface area contributed by atoms with Crippen LogP contribution in [-0.2, 0) is 16.0 Å². The van der Waals surface area contributed by atoms with E-state index in [2.05, 4.69) is 35.4 Å². The molecule has 9 nitrogen and oxygen atoms in total. The number of benzene rings is 1. The van der Waals surface area contributed by atoms with Gasteiger partial charge in [-0.1, -0.05) is 6.07 Å². The van der Waals surface area contributed by atoms with Crippen LogP contribution in [0.5, 0.6) is 5.75 Å². The van der Waals surface area contributed by atoms with Gasteiger partial charge in [0.05, 0.1) is 38.4 Å². The van der Waals surface area contributed by atoms with Gasteiger partial charge in [0, 0.05) is 30.4 Å². The first-order valence-corrected chi connectivity index (χ1v) is 13.5. The minimum atomic E-state index is -0.546. The number of aromatic nitrogens is 3. The zero-order valence-electron chi connectivity index (χ0n) is 23.3.